The van der Waals surface area contributed by atoms with E-state index in [1.165, 1.54) is 32.3 Å². The molecule has 0 unspecified atom stereocenters. The molecule has 2 heterocycles. The molecule has 0 bridgehead atoms. The van der Waals surface area contributed by atoms with Crippen LogP contribution in [0.25, 0.3) is 65.5 Å². The van der Waals surface area contributed by atoms with Gasteiger partial charge in [-0.2, -0.15) is 0 Å². The van der Waals surface area contributed by atoms with Crippen molar-refractivity contribution < 1.29 is 4.42 Å². The van der Waals surface area contributed by atoms with Crippen LogP contribution in [-0.2, 0) is 0 Å². The van der Waals surface area contributed by atoms with E-state index in [0.717, 1.165) is 50.3 Å². The van der Waals surface area contributed by atoms with Crippen molar-refractivity contribution in [3.63, 3.8) is 0 Å². The fraction of sp³-hybridized carbons (Fsp3) is 0. The third kappa shape index (κ3) is 3.94. The maximum Gasteiger partial charge on any atom is 0.154 e. The topological polar surface area (TPSA) is 29.3 Å². The van der Waals surface area contributed by atoms with Gasteiger partial charge in [0.2, 0.25) is 0 Å². The predicted molar refractivity (Wildman–Crippen MR) is 184 cm³/mol. The average Bonchev–Trinajstić information content (AvgIpc) is 3.47. The van der Waals surface area contributed by atoms with Crippen LogP contribution in [0.1, 0.15) is 0 Å². The summed E-state index contributed by atoms with van der Waals surface area (Å²) in [7, 11) is 0. The number of hydrogen-bond donors (Lipinski definition) is 0. The summed E-state index contributed by atoms with van der Waals surface area (Å²) in [5.41, 5.74) is 7.98. The highest BCUT2D eigenvalue weighted by Gasteiger charge is 2.15. The van der Waals surface area contributed by atoms with Gasteiger partial charge in [0.25, 0.3) is 0 Å². The first-order valence-electron chi connectivity index (χ1n) is 14.9. The van der Waals surface area contributed by atoms with E-state index in [1.54, 1.807) is 0 Å². The van der Waals surface area contributed by atoms with E-state index in [0.29, 0.717) is 0 Å². The van der Waals surface area contributed by atoms with Gasteiger partial charge in [-0.15, -0.1) is 0 Å². The quantitative estimate of drug-likeness (QED) is 0.200. The third-order valence-electron chi connectivity index (χ3n) is 8.67. The highest BCUT2D eigenvalue weighted by atomic mass is 16.3. The van der Waals surface area contributed by atoms with Gasteiger partial charge >= 0.3 is 0 Å². The van der Waals surface area contributed by atoms with E-state index >= 15 is 0 Å². The summed E-state index contributed by atoms with van der Waals surface area (Å²) >= 11 is 0. The Labute approximate surface area is 254 Å². The smallest absolute Gasteiger partial charge is 0.154 e. The Hall–Kier alpha value is -5.93. The molecule has 206 valence electrons. The van der Waals surface area contributed by atoms with Gasteiger partial charge in [-0.3, -0.25) is 4.98 Å². The number of para-hydroxylation sites is 2. The average molecular weight is 563 g/mol. The Morgan fingerprint density at radius 1 is 0.409 bits per heavy atom. The lowest BCUT2D eigenvalue weighted by Gasteiger charge is -2.26. The van der Waals surface area contributed by atoms with Crippen LogP contribution < -0.4 is 4.90 Å². The molecule has 3 nitrogen and oxygen atoms in total. The SMILES string of the molecule is c1ccc(N(c2ccc(-c3cnc4c(c3)oc3ccccc34)cc2)c2ccc3c(ccc4c5ccccc5ccc34)c2)cc1. The molecule has 2 aromatic heterocycles. The van der Waals surface area contributed by atoms with Gasteiger partial charge in [0, 0.05) is 34.2 Å². The summed E-state index contributed by atoms with van der Waals surface area (Å²) in [5.74, 6) is 0. The molecular formula is C41H26N2O. The Morgan fingerprint density at radius 3 is 1.89 bits per heavy atom. The van der Waals surface area contributed by atoms with Crippen molar-refractivity contribution in [1.82, 2.24) is 4.98 Å². The van der Waals surface area contributed by atoms with Crippen molar-refractivity contribution in [2.75, 3.05) is 4.90 Å². The molecule has 0 aliphatic rings. The number of hydrogen-bond acceptors (Lipinski definition) is 3. The highest BCUT2D eigenvalue weighted by Crippen LogP contribution is 2.39. The molecule has 0 fully saturated rings. The minimum absolute atomic E-state index is 0.801. The van der Waals surface area contributed by atoms with E-state index in [4.69, 9.17) is 9.40 Å². The lowest BCUT2D eigenvalue weighted by atomic mass is 9.96. The minimum Gasteiger partial charge on any atom is -0.454 e. The van der Waals surface area contributed by atoms with Crippen LogP contribution in [0.2, 0.25) is 0 Å². The molecule has 7 aromatic carbocycles. The number of rotatable bonds is 4. The summed E-state index contributed by atoms with van der Waals surface area (Å²) in [6, 6.07) is 53.8. The Bertz CT molecular complexity index is 2490. The van der Waals surface area contributed by atoms with Crippen molar-refractivity contribution in [2.24, 2.45) is 0 Å². The zero-order valence-corrected chi connectivity index (χ0v) is 23.8. The minimum atomic E-state index is 0.801. The summed E-state index contributed by atoms with van der Waals surface area (Å²) < 4.78 is 6.10. The van der Waals surface area contributed by atoms with Crippen molar-refractivity contribution in [3.05, 3.63) is 158 Å². The highest BCUT2D eigenvalue weighted by molar-refractivity contribution is 6.17. The summed E-state index contributed by atoms with van der Waals surface area (Å²) in [4.78, 5) is 7.08. The number of pyridine rings is 1. The van der Waals surface area contributed by atoms with E-state index in [1.807, 2.05) is 24.4 Å². The normalized spacial score (nSPS) is 11.6. The fourth-order valence-corrected chi connectivity index (χ4v) is 6.54. The standard InChI is InChI=1S/C41H26N2O/c1-2-9-31(10-3-1)43(33-20-23-35-29(24-33)17-22-36-34-11-5-4-8-28(34)16-21-37(35)36)32-18-14-27(15-19-32)30-25-40-41(42-26-30)38-12-6-7-13-39(38)44-40/h1-26H. The maximum absolute atomic E-state index is 6.10. The van der Waals surface area contributed by atoms with Crippen molar-refractivity contribution in [1.29, 1.82) is 0 Å². The third-order valence-corrected chi connectivity index (χ3v) is 8.67. The van der Waals surface area contributed by atoms with E-state index < -0.39 is 0 Å². The van der Waals surface area contributed by atoms with E-state index in [-0.39, 0.29) is 0 Å². The molecule has 44 heavy (non-hydrogen) atoms. The monoisotopic (exact) mass is 562 g/mol. The van der Waals surface area contributed by atoms with Gasteiger partial charge < -0.3 is 9.32 Å². The first-order chi connectivity index (χ1) is 21.8. The fourth-order valence-electron chi connectivity index (χ4n) is 6.54. The van der Waals surface area contributed by atoms with Crippen LogP contribution in [0.5, 0.6) is 0 Å². The zero-order valence-electron chi connectivity index (χ0n) is 23.8. The molecule has 3 heteroatoms. The van der Waals surface area contributed by atoms with Crippen LogP contribution >= 0.6 is 0 Å². The lowest BCUT2D eigenvalue weighted by Crippen LogP contribution is -2.09. The molecule has 0 saturated heterocycles. The second-order valence-corrected chi connectivity index (χ2v) is 11.2. The van der Waals surface area contributed by atoms with E-state index in [9.17, 15) is 0 Å². The maximum atomic E-state index is 6.10. The molecule has 0 aliphatic carbocycles. The molecule has 9 aromatic rings. The molecule has 0 aliphatic heterocycles. The Kier molecular flexibility index (Phi) is 5.50. The summed E-state index contributed by atoms with van der Waals surface area (Å²) in [6.45, 7) is 0. The lowest BCUT2D eigenvalue weighted by molar-refractivity contribution is 0.668. The van der Waals surface area contributed by atoms with Gasteiger partial charge in [-0.1, -0.05) is 97.1 Å². The molecule has 0 N–H and O–H groups in total. The first kappa shape index (κ1) is 24.6. The number of benzene rings is 7. The Morgan fingerprint density at radius 2 is 1.05 bits per heavy atom. The number of anilines is 3. The van der Waals surface area contributed by atoms with E-state index in [2.05, 4.69) is 138 Å². The molecule has 0 spiro atoms. The molecular weight excluding hydrogens is 536 g/mol. The van der Waals surface area contributed by atoms with Crippen LogP contribution in [0.3, 0.4) is 0 Å². The van der Waals surface area contributed by atoms with Gasteiger partial charge in [0.05, 0.1) is 0 Å². The molecule has 9 rings (SSSR count). The number of nitrogens with zero attached hydrogens (tertiary/aromatic N) is 2. The molecule has 0 radical (unpaired) electrons. The summed E-state index contributed by atoms with van der Waals surface area (Å²) in [5, 5.41) is 8.63. The summed E-state index contributed by atoms with van der Waals surface area (Å²) in [6.07, 6.45) is 1.94. The van der Waals surface area contributed by atoms with Crippen LogP contribution in [0.15, 0.2) is 162 Å². The molecule has 0 amide bonds. The van der Waals surface area contributed by atoms with Gasteiger partial charge in [-0.05, 0) is 92.5 Å². The van der Waals surface area contributed by atoms with Gasteiger partial charge in [0.1, 0.15) is 11.1 Å². The first-order valence-corrected chi connectivity index (χ1v) is 14.9. The molecule has 0 saturated carbocycles. The zero-order chi connectivity index (χ0) is 29.0. The van der Waals surface area contributed by atoms with Crippen molar-refractivity contribution in [2.45, 2.75) is 0 Å². The van der Waals surface area contributed by atoms with Gasteiger partial charge in [0.15, 0.2) is 5.58 Å². The van der Waals surface area contributed by atoms with Crippen LogP contribution in [0.4, 0.5) is 17.1 Å². The van der Waals surface area contributed by atoms with Crippen LogP contribution in [0, 0.1) is 0 Å². The number of fused-ring (bicyclic) bond motifs is 8. The second kappa shape index (κ2) is 9.82. The second-order valence-electron chi connectivity index (χ2n) is 11.2. The molecule has 0 atom stereocenters. The van der Waals surface area contributed by atoms with Crippen molar-refractivity contribution in [3.8, 4) is 11.1 Å². The van der Waals surface area contributed by atoms with Gasteiger partial charge in [-0.25, -0.2) is 0 Å². The largest absolute Gasteiger partial charge is 0.454 e. The number of furan rings is 1. The van der Waals surface area contributed by atoms with Crippen LogP contribution in [-0.4, -0.2) is 4.98 Å². The van der Waals surface area contributed by atoms with Crippen molar-refractivity contribution >= 4 is 71.4 Å². The number of aromatic nitrogens is 1. The Balaban J connectivity index is 1.13. The predicted octanol–water partition coefficient (Wildman–Crippen LogP) is 11.6.